The fraction of sp³-hybridized carbons (Fsp3) is 0.750. The van der Waals surface area contributed by atoms with E-state index >= 15 is 0 Å². The molecule has 1 rings (SSSR count). The Morgan fingerprint density at radius 1 is 1.44 bits per heavy atom. The Labute approximate surface area is 98.0 Å². The summed E-state index contributed by atoms with van der Waals surface area (Å²) < 4.78 is 7.10. The fourth-order valence-corrected chi connectivity index (χ4v) is 1.83. The number of aromatic nitrogens is 2. The number of ether oxygens (including phenoxy) is 1. The molecule has 0 radical (unpaired) electrons. The molecule has 0 aliphatic carbocycles. The second kappa shape index (κ2) is 5.89. The summed E-state index contributed by atoms with van der Waals surface area (Å²) in [5.74, 6) is 0. The van der Waals surface area contributed by atoms with Crippen LogP contribution in [-0.4, -0.2) is 29.5 Å². The van der Waals surface area contributed by atoms with E-state index in [-0.39, 0.29) is 0 Å². The topological polar surface area (TPSA) is 39.1 Å². The van der Waals surface area contributed by atoms with Gasteiger partial charge in [0.15, 0.2) is 0 Å². The van der Waals surface area contributed by atoms with Gasteiger partial charge in [0, 0.05) is 26.3 Å². The van der Waals surface area contributed by atoms with Crippen LogP contribution in [0, 0.1) is 13.8 Å². The standard InChI is InChI=1S/C12H23N3O/c1-6-15-11(4)12(10(3)14-15)13-9(2)7-8-16-5/h9,13H,6-8H2,1-5H3. The normalized spacial score (nSPS) is 12.8. The minimum atomic E-state index is 0.409. The fourth-order valence-electron chi connectivity index (χ4n) is 1.83. The maximum absolute atomic E-state index is 5.08. The predicted molar refractivity (Wildman–Crippen MR) is 67.0 cm³/mol. The highest BCUT2D eigenvalue weighted by molar-refractivity contribution is 5.52. The van der Waals surface area contributed by atoms with Gasteiger partial charge in [-0.05, 0) is 34.1 Å². The van der Waals surface area contributed by atoms with E-state index in [2.05, 4.69) is 31.2 Å². The van der Waals surface area contributed by atoms with Crippen molar-refractivity contribution in [3.8, 4) is 0 Å². The number of hydrogen-bond donors (Lipinski definition) is 1. The van der Waals surface area contributed by atoms with Crippen molar-refractivity contribution in [3.05, 3.63) is 11.4 Å². The van der Waals surface area contributed by atoms with Gasteiger partial charge in [0.1, 0.15) is 0 Å². The van der Waals surface area contributed by atoms with Crippen LogP contribution in [-0.2, 0) is 11.3 Å². The number of nitrogens with one attached hydrogen (secondary N) is 1. The molecular formula is C12H23N3O. The third kappa shape index (κ3) is 2.98. The summed E-state index contributed by atoms with van der Waals surface area (Å²) >= 11 is 0. The first-order valence-electron chi connectivity index (χ1n) is 5.89. The van der Waals surface area contributed by atoms with Gasteiger partial charge in [-0.2, -0.15) is 5.10 Å². The SMILES string of the molecule is CCn1nc(C)c(NC(C)CCOC)c1C. The predicted octanol–water partition coefficient (Wildman–Crippen LogP) is 2.36. The largest absolute Gasteiger partial charge is 0.385 e. The average molecular weight is 225 g/mol. The molecule has 4 nitrogen and oxygen atoms in total. The van der Waals surface area contributed by atoms with Crippen LogP contribution in [0.15, 0.2) is 0 Å². The lowest BCUT2D eigenvalue weighted by molar-refractivity contribution is 0.191. The van der Waals surface area contributed by atoms with Crippen LogP contribution in [0.4, 0.5) is 5.69 Å². The quantitative estimate of drug-likeness (QED) is 0.807. The van der Waals surface area contributed by atoms with Crippen molar-refractivity contribution in [1.29, 1.82) is 0 Å². The van der Waals surface area contributed by atoms with E-state index in [1.807, 2.05) is 11.6 Å². The van der Waals surface area contributed by atoms with E-state index in [1.165, 1.54) is 11.4 Å². The van der Waals surface area contributed by atoms with Crippen molar-refractivity contribution in [2.45, 2.75) is 46.7 Å². The molecule has 4 heteroatoms. The number of anilines is 1. The zero-order valence-electron chi connectivity index (χ0n) is 11.0. The second-order valence-corrected chi connectivity index (χ2v) is 4.19. The molecule has 1 N–H and O–H groups in total. The van der Waals surface area contributed by atoms with E-state index in [4.69, 9.17) is 4.74 Å². The highest BCUT2D eigenvalue weighted by Crippen LogP contribution is 2.20. The molecule has 92 valence electrons. The minimum absolute atomic E-state index is 0.409. The molecule has 0 bridgehead atoms. The van der Waals surface area contributed by atoms with Crippen molar-refractivity contribution in [2.75, 3.05) is 19.0 Å². The van der Waals surface area contributed by atoms with E-state index in [9.17, 15) is 0 Å². The van der Waals surface area contributed by atoms with Crippen LogP contribution in [0.25, 0.3) is 0 Å². The smallest absolute Gasteiger partial charge is 0.0828 e. The first-order chi connectivity index (χ1) is 7.60. The molecule has 1 unspecified atom stereocenters. The van der Waals surface area contributed by atoms with Gasteiger partial charge in [-0.15, -0.1) is 0 Å². The van der Waals surface area contributed by atoms with E-state index in [0.717, 1.165) is 25.3 Å². The summed E-state index contributed by atoms with van der Waals surface area (Å²) in [6.45, 7) is 10.1. The third-order valence-corrected chi connectivity index (χ3v) is 2.83. The molecule has 0 amide bonds. The number of aryl methyl sites for hydroxylation is 2. The average Bonchev–Trinajstić information content (AvgIpc) is 2.53. The zero-order valence-corrected chi connectivity index (χ0v) is 11.0. The Bertz CT molecular complexity index is 333. The third-order valence-electron chi connectivity index (χ3n) is 2.83. The Balaban J connectivity index is 2.69. The summed E-state index contributed by atoms with van der Waals surface area (Å²) in [6, 6.07) is 0.409. The molecule has 0 aliphatic rings. The summed E-state index contributed by atoms with van der Waals surface area (Å²) in [5.41, 5.74) is 3.46. The zero-order chi connectivity index (χ0) is 12.1. The van der Waals surface area contributed by atoms with Crippen LogP contribution >= 0.6 is 0 Å². The van der Waals surface area contributed by atoms with Gasteiger partial charge in [-0.1, -0.05) is 0 Å². The van der Waals surface area contributed by atoms with Crippen LogP contribution in [0.5, 0.6) is 0 Å². The molecule has 0 saturated heterocycles. The Hall–Kier alpha value is -1.03. The molecule has 0 spiro atoms. The van der Waals surface area contributed by atoms with Gasteiger partial charge in [-0.3, -0.25) is 4.68 Å². The van der Waals surface area contributed by atoms with Gasteiger partial charge in [0.2, 0.25) is 0 Å². The molecule has 16 heavy (non-hydrogen) atoms. The number of methoxy groups -OCH3 is 1. The van der Waals surface area contributed by atoms with Gasteiger partial charge < -0.3 is 10.1 Å². The highest BCUT2D eigenvalue weighted by atomic mass is 16.5. The first-order valence-corrected chi connectivity index (χ1v) is 5.89. The molecule has 0 aliphatic heterocycles. The molecule has 0 fully saturated rings. The molecule has 1 heterocycles. The van der Waals surface area contributed by atoms with Crippen molar-refractivity contribution in [2.24, 2.45) is 0 Å². The van der Waals surface area contributed by atoms with Crippen molar-refractivity contribution < 1.29 is 4.74 Å². The Morgan fingerprint density at radius 2 is 2.12 bits per heavy atom. The molecule has 1 aromatic rings. The van der Waals surface area contributed by atoms with E-state index < -0.39 is 0 Å². The molecule has 0 aromatic carbocycles. The van der Waals surface area contributed by atoms with Crippen molar-refractivity contribution >= 4 is 5.69 Å². The van der Waals surface area contributed by atoms with Gasteiger partial charge >= 0.3 is 0 Å². The number of rotatable bonds is 6. The number of nitrogens with zero attached hydrogens (tertiary/aromatic N) is 2. The maximum atomic E-state index is 5.08. The molecule has 1 atom stereocenters. The number of hydrogen-bond acceptors (Lipinski definition) is 3. The molecular weight excluding hydrogens is 202 g/mol. The summed E-state index contributed by atoms with van der Waals surface area (Å²) in [5, 5.41) is 7.99. The van der Waals surface area contributed by atoms with Crippen LogP contribution in [0.1, 0.15) is 31.7 Å². The first kappa shape index (κ1) is 13.0. The molecule has 0 saturated carbocycles. The summed E-state index contributed by atoms with van der Waals surface area (Å²) in [6.07, 6.45) is 1.01. The Morgan fingerprint density at radius 3 is 2.62 bits per heavy atom. The van der Waals surface area contributed by atoms with Gasteiger partial charge in [-0.25, -0.2) is 0 Å². The summed E-state index contributed by atoms with van der Waals surface area (Å²) in [4.78, 5) is 0. The van der Waals surface area contributed by atoms with Crippen LogP contribution in [0.3, 0.4) is 0 Å². The lowest BCUT2D eigenvalue weighted by atomic mass is 10.2. The highest BCUT2D eigenvalue weighted by Gasteiger charge is 2.12. The Kier molecular flexibility index (Phi) is 4.80. The van der Waals surface area contributed by atoms with E-state index in [1.54, 1.807) is 7.11 Å². The lowest BCUT2D eigenvalue weighted by Crippen LogP contribution is -2.18. The lowest BCUT2D eigenvalue weighted by Gasteiger charge is -2.15. The van der Waals surface area contributed by atoms with Crippen molar-refractivity contribution in [3.63, 3.8) is 0 Å². The van der Waals surface area contributed by atoms with Crippen molar-refractivity contribution in [1.82, 2.24) is 9.78 Å². The summed E-state index contributed by atoms with van der Waals surface area (Å²) in [7, 11) is 1.73. The molecule has 1 aromatic heterocycles. The van der Waals surface area contributed by atoms with Gasteiger partial charge in [0.25, 0.3) is 0 Å². The van der Waals surface area contributed by atoms with E-state index in [0.29, 0.717) is 6.04 Å². The van der Waals surface area contributed by atoms with Crippen LogP contribution < -0.4 is 5.32 Å². The monoisotopic (exact) mass is 225 g/mol. The van der Waals surface area contributed by atoms with Crippen LogP contribution in [0.2, 0.25) is 0 Å². The second-order valence-electron chi connectivity index (χ2n) is 4.19. The maximum Gasteiger partial charge on any atom is 0.0828 e. The minimum Gasteiger partial charge on any atom is -0.385 e. The van der Waals surface area contributed by atoms with Gasteiger partial charge in [0.05, 0.1) is 17.1 Å².